The highest BCUT2D eigenvalue weighted by Crippen LogP contribution is 2.26. The molecule has 0 aromatic carbocycles. The lowest BCUT2D eigenvalue weighted by Gasteiger charge is -2.35. The zero-order chi connectivity index (χ0) is 13.9. The van der Waals surface area contributed by atoms with Crippen LogP contribution in [0.15, 0.2) is 11.4 Å². The van der Waals surface area contributed by atoms with Gasteiger partial charge in [0.05, 0.1) is 0 Å². The van der Waals surface area contributed by atoms with E-state index < -0.39 is 0 Å². The predicted molar refractivity (Wildman–Crippen MR) is 84.8 cm³/mol. The molecule has 1 aliphatic heterocycles. The van der Waals surface area contributed by atoms with Gasteiger partial charge in [0.1, 0.15) is 0 Å². The maximum absolute atomic E-state index is 3.60. The smallest absolute Gasteiger partial charge is 0.0245 e. The van der Waals surface area contributed by atoms with Gasteiger partial charge in [0.2, 0.25) is 0 Å². The van der Waals surface area contributed by atoms with Crippen molar-refractivity contribution in [1.29, 1.82) is 0 Å². The van der Waals surface area contributed by atoms with E-state index in [4.69, 9.17) is 0 Å². The van der Waals surface area contributed by atoms with Crippen molar-refractivity contribution in [1.82, 2.24) is 10.2 Å². The first-order valence-corrected chi connectivity index (χ1v) is 8.32. The molecule has 2 nitrogen and oxygen atoms in total. The second-order valence-electron chi connectivity index (χ2n) is 7.02. The number of nitrogens with zero attached hydrogens (tertiary/aromatic N) is 1. The van der Waals surface area contributed by atoms with Crippen LogP contribution in [-0.4, -0.2) is 31.1 Å². The fourth-order valence-electron chi connectivity index (χ4n) is 2.80. The Hall–Kier alpha value is -0.380. The normalized spacial score (nSPS) is 16.9. The lowest BCUT2D eigenvalue weighted by atomic mass is 9.91. The fourth-order valence-corrected chi connectivity index (χ4v) is 3.69. The Labute approximate surface area is 122 Å². The van der Waals surface area contributed by atoms with E-state index in [1.54, 1.807) is 10.4 Å². The Bertz CT molecular complexity index is 395. The first kappa shape index (κ1) is 15.0. The van der Waals surface area contributed by atoms with E-state index in [1.165, 1.54) is 19.5 Å². The summed E-state index contributed by atoms with van der Waals surface area (Å²) < 4.78 is 0. The molecule has 0 radical (unpaired) electrons. The summed E-state index contributed by atoms with van der Waals surface area (Å²) in [6.07, 6.45) is 1.24. The van der Waals surface area contributed by atoms with Crippen LogP contribution in [0.4, 0.5) is 0 Å². The zero-order valence-corrected chi connectivity index (χ0v) is 13.6. The van der Waals surface area contributed by atoms with Crippen molar-refractivity contribution in [2.24, 2.45) is 11.3 Å². The molecular formula is C16H28N2S. The Morgan fingerprint density at radius 1 is 1.42 bits per heavy atom. The number of thiophene rings is 1. The van der Waals surface area contributed by atoms with Crippen molar-refractivity contribution in [3.63, 3.8) is 0 Å². The maximum Gasteiger partial charge on any atom is 0.0245 e. The standard InChI is InChI=1S/C16H28N2S/c1-13(2)9-17-11-16(3,4)12-18-7-5-15-14(10-18)6-8-19-15/h6,8,13,17H,5,7,9-12H2,1-4H3. The van der Waals surface area contributed by atoms with Gasteiger partial charge < -0.3 is 5.32 Å². The molecule has 108 valence electrons. The van der Waals surface area contributed by atoms with E-state index >= 15 is 0 Å². The Morgan fingerprint density at radius 3 is 2.95 bits per heavy atom. The molecule has 2 rings (SSSR count). The minimum atomic E-state index is 0.350. The van der Waals surface area contributed by atoms with Crippen LogP contribution in [0.2, 0.25) is 0 Å². The summed E-state index contributed by atoms with van der Waals surface area (Å²) in [5.41, 5.74) is 1.91. The van der Waals surface area contributed by atoms with E-state index in [0.717, 1.165) is 25.6 Å². The maximum atomic E-state index is 3.60. The van der Waals surface area contributed by atoms with Crippen LogP contribution in [0.25, 0.3) is 0 Å². The van der Waals surface area contributed by atoms with Gasteiger partial charge >= 0.3 is 0 Å². The van der Waals surface area contributed by atoms with Crippen molar-refractivity contribution in [2.75, 3.05) is 26.2 Å². The van der Waals surface area contributed by atoms with Crippen LogP contribution in [-0.2, 0) is 13.0 Å². The Morgan fingerprint density at radius 2 is 2.21 bits per heavy atom. The molecule has 0 aliphatic carbocycles. The van der Waals surface area contributed by atoms with Crippen molar-refractivity contribution in [2.45, 2.75) is 40.7 Å². The van der Waals surface area contributed by atoms with E-state index in [9.17, 15) is 0 Å². The molecule has 0 amide bonds. The van der Waals surface area contributed by atoms with Gasteiger partial charge in [-0.15, -0.1) is 11.3 Å². The highest BCUT2D eigenvalue weighted by Gasteiger charge is 2.24. The SMILES string of the molecule is CC(C)CNCC(C)(C)CN1CCc2sccc2C1. The van der Waals surface area contributed by atoms with E-state index in [0.29, 0.717) is 5.41 Å². The van der Waals surface area contributed by atoms with E-state index in [1.807, 2.05) is 11.3 Å². The molecule has 2 heterocycles. The fraction of sp³-hybridized carbons (Fsp3) is 0.750. The molecule has 1 aromatic rings. The molecule has 0 bridgehead atoms. The van der Waals surface area contributed by atoms with Crippen molar-refractivity contribution in [3.8, 4) is 0 Å². The third-order valence-corrected chi connectivity index (χ3v) is 4.72. The minimum absolute atomic E-state index is 0.350. The van der Waals surface area contributed by atoms with Crippen molar-refractivity contribution >= 4 is 11.3 Å². The summed E-state index contributed by atoms with van der Waals surface area (Å²) in [5, 5.41) is 5.84. The molecular weight excluding hydrogens is 252 g/mol. The summed E-state index contributed by atoms with van der Waals surface area (Å²) in [5.74, 6) is 0.735. The minimum Gasteiger partial charge on any atom is -0.316 e. The third-order valence-electron chi connectivity index (χ3n) is 3.69. The van der Waals surface area contributed by atoms with Gasteiger partial charge in [-0.2, -0.15) is 0 Å². The molecule has 0 unspecified atom stereocenters. The molecule has 3 heteroatoms. The second kappa shape index (κ2) is 6.38. The largest absolute Gasteiger partial charge is 0.316 e. The highest BCUT2D eigenvalue weighted by atomic mass is 32.1. The van der Waals surface area contributed by atoms with Gasteiger partial charge in [0.15, 0.2) is 0 Å². The lowest BCUT2D eigenvalue weighted by molar-refractivity contribution is 0.161. The van der Waals surface area contributed by atoms with Gasteiger partial charge in [-0.05, 0) is 41.3 Å². The van der Waals surface area contributed by atoms with Crippen LogP contribution >= 0.6 is 11.3 Å². The molecule has 1 aromatic heterocycles. The second-order valence-corrected chi connectivity index (χ2v) is 8.02. The van der Waals surface area contributed by atoms with E-state index in [2.05, 4.69) is 49.4 Å². The number of hydrogen-bond acceptors (Lipinski definition) is 3. The molecule has 0 saturated heterocycles. The number of fused-ring (bicyclic) bond motifs is 1. The first-order chi connectivity index (χ1) is 8.96. The average Bonchev–Trinajstić information content (AvgIpc) is 2.74. The summed E-state index contributed by atoms with van der Waals surface area (Å²) >= 11 is 1.92. The molecule has 1 N–H and O–H groups in total. The number of nitrogens with one attached hydrogen (secondary N) is 1. The summed E-state index contributed by atoms with van der Waals surface area (Å²) in [6, 6.07) is 2.30. The third kappa shape index (κ3) is 4.59. The number of rotatable bonds is 6. The summed E-state index contributed by atoms with van der Waals surface area (Å²) in [4.78, 5) is 4.22. The molecule has 1 aliphatic rings. The van der Waals surface area contributed by atoms with Crippen molar-refractivity contribution in [3.05, 3.63) is 21.9 Å². The van der Waals surface area contributed by atoms with Crippen LogP contribution in [0.3, 0.4) is 0 Å². The quantitative estimate of drug-likeness (QED) is 0.859. The molecule has 19 heavy (non-hydrogen) atoms. The predicted octanol–water partition coefficient (Wildman–Crippen LogP) is 3.38. The van der Waals surface area contributed by atoms with E-state index in [-0.39, 0.29) is 0 Å². The monoisotopic (exact) mass is 280 g/mol. The van der Waals surface area contributed by atoms with Crippen molar-refractivity contribution < 1.29 is 0 Å². The van der Waals surface area contributed by atoms with Gasteiger partial charge in [-0.3, -0.25) is 4.90 Å². The summed E-state index contributed by atoms with van der Waals surface area (Å²) in [6.45, 7) is 15.1. The van der Waals surface area contributed by atoms with Crippen LogP contribution < -0.4 is 5.32 Å². The first-order valence-electron chi connectivity index (χ1n) is 7.44. The van der Waals surface area contributed by atoms with Gasteiger partial charge in [0, 0.05) is 31.1 Å². The molecule has 0 fully saturated rings. The Balaban J connectivity index is 1.80. The van der Waals surface area contributed by atoms with Crippen LogP contribution in [0, 0.1) is 11.3 Å². The van der Waals surface area contributed by atoms with Gasteiger partial charge in [0.25, 0.3) is 0 Å². The van der Waals surface area contributed by atoms with Crippen LogP contribution in [0.5, 0.6) is 0 Å². The summed E-state index contributed by atoms with van der Waals surface area (Å²) in [7, 11) is 0. The molecule has 0 saturated carbocycles. The van der Waals surface area contributed by atoms with Crippen LogP contribution in [0.1, 0.15) is 38.1 Å². The Kier molecular flexibility index (Phi) is 5.04. The average molecular weight is 280 g/mol. The van der Waals surface area contributed by atoms with Gasteiger partial charge in [-0.1, -0.05) is 27.7 Å². The molecule has 0 spiro atoms. The van der Waals surface area contributed by atoms with Gasteiger partial charge in [-0.25, -0.2) is 0 Å². The topological polar surface area (TPSA) is 15.3 Å². The zero-order valence-electron chi connectivity index (χ0n) is 12.8. The number of hydrogen-bond donors (Lipinski definition) is 1. The highest BCUT2D eigenvalue weighted by molar-refractivity contribution is 7.10. The lowest BCUT2D eigenvalue weighted by Crippen LogP contribution is -2.42. The molecule has 0 atom stereocenters.